The van der Waals surface area contributed by atoms with Crippen molar-refractivity contribution in [1.82, 2.24) is 0 Å². The van der Waals surface area contributed by atoms with Crippen LogP contribution in [0.4, 0.5) is 5.00 Å². The third kappa shape index (κ3) is 4.32. The molecule has 2 N–H and O–H groups in total. The Balaban J connectivity index is 1.87. The minimum absolute atomic E-state index is 0.118. The van der Waals surface area contributed by atoms with Crippen LogP contribution in [0, 0.1) is 0 Å². The molecule has 0 aliphatic heterocycles. The van der Waals surface area contributed by atoms with Crippen molar-refractivity contribution in [3.63, 3.8) is 0 Å². The maximum Gasteiger partial charge on any atom is 0.345 e. The number of thiophene rings is 1. The van der Waals surface area contributed by atoms with Gasteiger partial charge < -0.3 is 15.2 Å². The fraction of sp³-hybridized carbons (Fsp3) is 0.200. The molecule has 2 aromatic rings. The molecule has 0 fully saturated rings. The van der Waals surface area contributed by atoms with Gasteiger partial charge >= 0.3 is 5.97 Å². The number of rotatable bonds is 6. The number of hydrogen-bond donors (Lipinski definition) is 2. The van der Waals surface area contributed by atoms with Gasteiger partial charge in [-0.3, -0.25) is 4.79 Å². The predicted octanol–water partition coefficient (Wildman–Crippen LogP) is 3.03. The largest absolute Gasteiger partial charge is 0.484 e. The Morgan fingerprint density at radius 1 is 1.29 bits per heavy atom. The van der Waals surface area contributed by atoms with E-state index in [2.05, 4.69) is 5.32 Å². The molecule has 1 amide bonds. The van der Waals surface area contributed by atoms with E-state index in [9.17, 15) is 9.59 Å². The van der Waals surface area contributed by atoms with E-state index in [1.807, 2.05) is 25.1 Å². The fourth-order valence-corrected chi connectivity index (χ4v) is 2.46. The van der Waals surface area contributed by atoms with Gasteiger partial charge in [-0.05, 0) is 36.2 Å². The van der Waals surface area contributed by atoms with E-state index in [0.717, 1.165) is 23.3 Å². The van der Waals surface area contributed by atoms with Gasteiger partial charge in [0.15, 0.2) is 6.61 Å². The molecule has 0 spiro atoms. The minimum atomic E-state index is -1.01. The Morgan fingerprint density at radius 3 is 2.76 bits per heavy atom. The number of aryl methyl sites for hydroxylation is 1. The van der Waals surface area contributed by atoms with Crippen LogP contribution in [0.1, 0.15) is 22.2 Å². The Bertz CT molecular complexity index is 651. The van der Waals surface area contributed by atoms with Crippen molar-refractivity contribution in [1.29, 1.82) is 0 Å². The Morgan fingerprint density at radius 2 is 2.10 bits per heavy atom. The van der Waals surface area contributed by atoms with Crippen LogP contribution in [-0.2, 0) is 11.2 Å². The van der Waals surface area contributed by atoms with Crippen LogP contribution < -0.4 is 10.1 Å². The van der Waals surface area contributed by atoms with Crippen molar-refractivity contribution in [2.45, 2.75) is 13.3 Å². The molecule has 6 heteroatoms. The number of ether oxygens (including phenoxy) is 1. The van der Waals surface area contributed by atoms with E-state index in [1.165, 1.54) is 6.07 Å². The van der Waals surface area contributed by atoms with Gasteiger partial charge in [-0.25, -0.2) is 4.79 Å². The van der Waals surface area contributed by atoms with Crippen molar-refractivity contribution >= 4 is 28.2 Å². The standard InChI is InChI=1S/C15H15NO4S/c1-2-10-4-3-5-11(8-10)20-9-13(17)16-14-7-6-12(21-14)15(18)19/h3-8H,2,9H2,1H3,(H,16,17)(H,18,19). The molecule has 0 aliphatic carbocycles. The molecule has 2 rings (SSSR count). The zero-order chi connectivity index (χ0) is 15.2. The Labute approximate surface area is 126 Å². The summed E-state index contributed by atoms with van der Waals surface area (Å²) in [5, 5.41) is 11.9. The molecule has 0 atom stereocenters. The number of nitrogens with one attached hydrogen (secondary N) is 1. The highest BCUT2D eigenvalue weighted by Crippen LogP contribution is 2.21. The molecule has 21 heavy (non-hydrogen) atoms. The van der Waals surface area contributed by atoms with Crippen LogP contribution in [0.2, 0.25) is 0 Å². The Hall–Kier alpha value is -2.34. The van der Waals surface area contributed by atoms with E-state index >= 15 is 0 Å². The monoisotopic (exact) mass is 305 g/mol. The molecule has 0 radical (unpaired) electrons. The van der Waals surface area contributed by atoms with Crippen LogP contribution in [0.15, 0.2) is 36.4 Å². The van der Waals surface area contributed by atoms with Gasteiger partial charge in [-0.1, -0.05) is 19.1 Å². The summed E-state index contributed by atoms with van der Waals surface area (Å²) in [5.74, 6) is -0.689. The summed E-state index contributed by atoms with van der Waals surface area (Å²) in [7, 11) is 0. The lowest BCUT2D eigenvalue weighted by Gasteiger charge is -2.07. The highest BCUT2D eigenvalue weighted by molar-refractivity contribution is 7.18. The first kappa shape index (κ1) is 15.1. The van der Waals surface area contributed by atoms with Gasteiger partial charge in [0.2, 0.25) is 0 Å². The normalized spacial score (nSPS) is 10.1. The smallest absolute Gasteiger partial charge is 0.345 e. The van der Waals surface area contributed by atoms with Gasteiger partial charge in [0.1, 0.15) is 10.6 Å². The quantitative estimate of drug-likeness (QED) is 0.860. The second kappa shape index (κ2) is 6.90. The molecule has 0 saturated carbocycles. The number of anilines is 1. The first-order valence-electron chi connectivity index (χ1n) is 6.43. The molecule has 1 heterocycles. The lowest BCUT2D eigenvalue weighted by molar-refractivity contribution is -0.118. The van der Waals surface area contributed by atoms with Gasteiger partial charge in [-0.2, -0.15) is 0 Å². The SMILES string of the molecule is CCc1cccc(OCC(=O)Nc2ccc(C(=O)O)s2)c1. The molecule has 110 valence electrons. The summed E-state index contributed by atoms with van der Waals surface area (Å²) < 4.78 is 5.41. The second-order valence-electron chi connectivity index (χ2n) is 4.31. The fourth-order valence-electron chi connectivity index (χ4n) is 1.70. The van der Waals surface area contributed by atoms with Gasteiger partial charge in [0.05, 0.1) is 5.00 Å². The van der Waals surface area contributed by atoms with Crippen LogP contribution in [0.3, 0.4) is 0 Å². The average molecular weight is 305 g/mol. The molecule has 0 aliphatic rings. The highest BCUT2D eigenvalue weighted by atomic mass is 32.1. The maximum absolute atomic E-state index is 11.7. The van der Waals surface area contributed by atoms with Crippen molar-refractivity contribution < 1.29 is 19.4 Å². The number of aromatic carboxylic acids is 1. The molecule has 1 aromatic carbocycles. The second-order valence-corrected chi connectivity index (χ2v) is 5.39. The first-order chi connectivity index (χ1) is 10.1. The highest BCUT2D eigenvalue weighted by Gasteiger charge is 2.09. The van der Waals surface area contributed by atoms with Crippen molar-refractivity contribution in [2.75, 3.05) is 11.9 Å². The minimum Gasteiger partial charge on any atom is -0.484 e. The predicted molar refractivity (Wildman–Crippen MR) is 81.2 cm³/mol. The summed E-state index contributed by atoms with van der Waals surface area (Å²) in [6.45, 7) is 1.93. The molecule has 1 aromatic heterocycles. The van der Waals surface area contributed by atoms with E-state index in [0.29, 0.717) is 10.8 Å². The number of carbonyl (C=O) groups is 2. The van der Waals surface area contributed by atoms with Crippen molar-refractivity contribution in [2.24, 2.45) is 0 Å². The van der Waals surface area contributed by atoms with E-state index in [-0.39, 0.29) is 17.4 Å². The maximum atomic E-state index is 11.7. The lowest BCUT2D eigenvalue weighted by Crippen LogP contribution is -2.19. The van der Waals surface area contributed by atoms with Crippen LogP contribution in [0.5, 0.6) is 5.75 Å². The van der Waals surface area contributed by atoms with Crippen LogP contribution >= 0.6 is 11.3 Å². The van der Waals surface area contributed by atoms with Crippen LogP contribution in [-0.4, -0.2) is 23.6 Å². The lowest BCUT2D eigenvalue weighted by atomic mass is 10.2. The summed E-state index contributed by atoms with van der Waals surface area (Å²) in [5.41, 5.74) is 1.14. The van der Waals surface area contributed by atoms with Gasteiger partial charge in [0, 0.05) is 0 Å². The number of carboxylic acid groups (broad SMARTS) is 1. The van der Waals surface area contributed by atoms with Gasteiger partial charge in [0.25, 0.3) is 5.91 Å². The molecule has 0 saturated heterocycles. The molecule has 0 bridgehead atoms. The zero-order valence-corrected chi connectivity index (χ0v) is 12.3. The summed E-state index contributed by atoms with van der Waals surface area (Å²) in [6.07, 6.45) is 0.899. The first-order valence-corrected chi connectivity index (χ1v) is 7.25. The Kier molecular flexibility index (Phi) is 4.94. The zero-order valence-electron chi connectivity index (χ0n) is 11.5. The molecule has 5 nitrogen and oxygen atoms in total. The molecule has 0 unspecified atom stereocenters. The summed E-state index contributed by atoms with van der Waals surface area (Å²) in [6, 6.07) is 10.6. The van der Waals surface area contributed by atoms with Crippen molar-refractivity contribution in [3.8, 4) is 5.75 Å². The summed E-state index contributed by atoms with van der Waals surface area (Å²) in [4.78, 5) is 22.7. The van der Waals surface area contributed by atoms with Crippen LogP contribution in [0.25, 0.3) is 0 Å². The number of carbonyl (C=O) groups excluding carboxylic acids is 1. The third-order valence-electron chi connectivity index (χ3n) is 2.76. The number of amides is 1. The third-order valence-corrected chi connectivity index (χ3v) is 3.74. The average Bonchev–Trinajstić information content (AvgIpc) is 2.94. The van der Waals surface area contributed by atoms with Crippen molar-refractivity contribution in [3.05, 3.63) is 46.8 Å². The number of carboxylic acids is 1. The summed E-state index contributed by atoms with van der Waals surface area (Å²) >= 11 is 1.01. The van der Waals surface area contributed by atoms with Gasteiger partial charge in [-0.15, -0.1) is 11.3 Å². The van der Waals surface area contributed by atoms with E-state index < -0.39 is 5.97 Å². The molecular formula is C15H15NO4S. The van der Waals surface area contributed by atoms with E-state index in [1.54, 1.807) is 12.1 Å². The number of benzene rings is 1. The number of hydrogen-bond acceptors (Lipinski definition) is 4. The molecular weight excluding hydrogens is 290 g/mol. The topological polar surface area (TPSA) is 75.6 Å². The van der Waals surface area contributed by atoms with E-state index in [4.69, 9.17) is 9.84 Å².